The molecule has 0 bridgehead atoms. The van der Waals surface area contributed by atoms with E-state index in [0.29, 0.717) is 5.92 Å². The Bertz CT molecular complexity index is 1020. The van der Waals surface area contributed by atoms with Crippen LogP contribution in [0.5, 0.6) is 5.75 Å². The number of rotatable bonds is 4. The van der Waals surface area contributed by atoms with Crippen molar-refractivity contribution in [2.45, 2.75) is 50.9 Å². The minimum atomic E-state index is -0.967. The molecule has 153 valence electrons. The smallest absolute Gasteiger partial charge is 0.327 e. The third-order valence-corrected chi connectivity index (χ3v) is 7.20. The van der Waals surface area contributed by atoms with E-state index >= 15 is 0 Å². The third kappa shape index (κ3) is 3.05. The van der Waals surface area contributed by atoms with E-state index in [-0.39, 0.29) is 17.9 Å². The van der Waals surface area contributed by atoms with E-state index in [1.807, 2.05) is 27.4 Å². The average molecular weight is 399 g/mol. The summed E-state index contributed by atoms with van der Waals surface area (Å²) in [7, 11) is 1.84. The van der Waals surface area contributed by atoms with Crippen LogP contribution in [0, 0.1) is 11.8 Å². The fourth-order valence-corrected chi connectivity index (χ4v) is 4.75. The maximum absolute atomic E-state index is 10.5. The Morgan fingerprint density at radius 1 is 1.03 bits per heavy atom. The van der Waals surface area contributed by atoms with E-state index in [0.717, 1.165) is 11.2 Å². The molecule has 0 fully saturated rings. The van der Waals surface area contributed by atoms with Crippen molar-refractivity contribution in [2.24, 2.45) is 11.8 Å². The monoisotopic (exact) mass is 399 g/mol. The van der Waals surface area contributed by atoms with Gasteiger partial charge in [0.1, 0.15) is 11.9 Å². The fourth-order valence-electron chi connectivity index (χ4n) is 4.75. The molecule has 3 aliphatic carbocycles. The molecule has 0 saturated heterocycles. The first-order chi connectivity index (χ1) is 14.3. The van der Waals surface area contributed by atoms with Crippen molar-refractivity contribution >= 4 is 7.48 Å². The van der Waals surface area contributed by atoms with Crippen LogP contribution in [-0.2, 0) is 4.65 Å². The first-order valence-electron chi connectivity index (χ1n) is 10.7. The molecule has 1 radical (unpaired) electrons. The van der Waals surface area contributed by atoms with E-state index in [4.69, 9.17) is 9.39 Å². The van der Waals surface area contributed by atoms with Crippen LogP contribution in [0.4, 0.5) is 0 Å². The van der Waals surface area contributed by atoms with Crippen molar-refractivity contribution in [3.05, 3.63) is 89.0 Å². The quantitative estimate of drug-likeness (QED) is 0.737. The topological polar surface area (TPSA) is 38.7 Å². The summed E-state index contributed by atoms with van der Waals surface area (Å²) < 4.78 is 12.7. The molecule has 0 spiro atoms. The SMILES string of the molecule is CC(C)(O)C(C)(C)O[B]C1=CC2=CC=C3C=CC=CC3C2C2Oc3ccccc3C12. The Morgan fingerprint density at radius 3 is 2.60 bits per heavy atom. The molecule has 1 N–H and O–H groups in total. The van der Waals surface area contributed by atoms with Crippen LogP contribution in [0.15, 0.2) is 83.4 Å². The Balaban J connectivity index is 1.55. The summed E-state index contributed by atoms with van der Waals surface area (Å²) in [4.78, 5) is 0. The lowest BCUT2D eigenvalue weighted by atomic mass is 9.60. The lowest BCUT2D eigenvalue weighted by Gasteiger charge is -2.42. The lowest BCUT2D eigenvalue weighted by molar-refractivity contribution is -0.0898. The van der Waals surface area contributed by atoms with Gasteiger partial charge in [0.2, 0.25) is 0 Å². The molecule has 30 heavy (non-hydrogen) atoms. The average Bonchev–Trinajstić information content (AvgIpc) is 3.10. The van der Waals surface area contributed by atoms with Gasteiger partial charge in [0.05, 0.1) is 11.2 Å². The molecule has 1 aliphatic heterocycles. The largest absolute Gasteiger partial charge is 0.488 e. The van der Waals surface area contributed by atoms with Gasteiger partial charge in [-0.3, -0.25) is 0 Å². The molecule has 4 unspecified atom stereocenters. The zero-order chi connectivity index (χ0) is 21.1. The highest BCUT2D eigenvalue weighted by molar-refractivity contribution is 6.39. The fraction of sp³-hybridized carbons (Fsp3) is 0.385. The van der Waals surface area contributed by atoms with Gasteiger partial charge in [0.15, 0.2) is 0 Å². The van der Waals surface area contributed by atoms with Crippen LogP contribution in [0.3, 0.4) is 0 Å². The van der Waals surface area contributed by atoms with Crippen LogP contribution >= 0.6 is 0 Å². The van der Waals surface area contributed by atoms with Crippen LogP contribution in [-0.4, -0.2) is 29.9 Å². The molecule has 4 atom stereocenters. The molecule has 0 aromatic heterocycles. The predicted octanol–water partition coefficient (Wildman–Crippen LogP) is 4.84. The molecular weight excluding hydrogens is 371 g/mol. The molecule has 4 heteroatoms. The van der Waals surface area contributed by atoms with Gasteiger partial charge in [-0.05, 0) is 44.9 Å². The standard InChI is InChI=1S/C26H28BO3/c1-25(2,28)26(3,4)30-27-20-15-17-14-13-16-9-5-6-10-18(16)22(17)24-23(20)19-11-7-8-12-21(19)29-24/h5-15,18,22-24,28H,1-4H3. The first-order valence-corrected chi connectivity index (χ1v) is 10.7. The normalized spacial score (nSPS) is 28.9. The molecule has 4 aliphatic rings. The second kappa shape index (κ2) is 6.86. The second-order valence-electron chi connectivity index (χ2n) is 9.68. The van der Waals surface area contributed by atoms with Crippen molar-refractivity contribution in [1.82, 2.24) is 0 Å². The Morgan fingerprint density at radius 2 is 1.80 bits per heavy atom. The highest BCUT2D eigenvalue weighted by Crippen LogP contribution is 2.53. The lowest BCUT2D eigenvalue weighted by Crippen LogP contribution is -2.49. The number of aliphatic hydroxyl groups is 1. The van der Waals surface area contributed by atoms with Gasteiger partial charge >= 0.3 is 7.48 Å². The number of benzene rings is 1. The van der Waals surface area contributed by atoms with Crippen LogP contribution in [0.25, 0.3) is 0 Å². The van der Waals surface area contributed by atoms with Crippen LogP contribution < -0.4 is 4.74 Å². The summed E-state index contributed by atoms with van der Waals surface area (Å²) in [6.07, 6.45) is 15.5. The van der Waals surface area contributed by atoms with E-state index in [1.54, 1.807) is 13.8 Å². The van der Waals surface area contributed by atoms with Crippen LogP contribution in [0.2, 0.25) is 0 Å². The predicted molar refractivity (Wildman–Crippen MR) is 120 cm³/mol. The Hall–Kier alpha value is -2.30. The maximum Gasteiger partial charge on any atom is 0.327 e. The summed E-state index contributed by atoms with van der Waals surface area (Å²) in [5, 5.41) is 10.5. The zero-order valence-electron chi connectivity index (χ0n) is 18.0. The van der Waals surface area contributed by atoms with Gasteiger partial charge in [-0.15, -0.1) is 0 Å². The summed E-state index contributed by atoms with van der Waals surface area (Å²) in [5.41, 5.74) is 3.23. The van der Waals surface area contributed by atoms with E-state index < -0.39 is 11.2 Å². The van der Waals surface area contributed by atoms with Gasteiger partial charge in [-0.1, -0.05) is 66.2 Å². The van der Waals surface area contributed by atoms with E-state index in [2.05, 4.69) is 60.7 Å². The highest BCUT2D eigenvalue weighted by atomic mass is 16.5. The van der Waals surface area contributed by atoms with Crippen molar-refractivity contribution in [3.63, 3.8) is 0 Å². The summed E-state index contributed by atoms with van der Waals surface area (Å²) in [5.74, 6) is 1.66. The second-order valence-corrected chi connectivity index (χ2v) is 9.68. The summed E-state index contributed by atoms with van der Waals surface area (Å²) in [6, 6.07) is 8.33. The minimum absolute atomic E-state index is 0.0172. The number of allylic oxidation sites excluding steroid dienone is 8. The Labute approximate surface area is 179 Å². The first kappa shape index (κ1) is 19.7. The van der Waals surface area contributed by atoms with Gasteiger partial charge < -0.3 is 14.5 Å². The minimum Gasteiger partial charge on any atom is -0.488 e. The van der Waals surface area contributed by atoms with Crippen LogP contribution in [0.1, 0.15) is 39.2 Å². The van der Waals surface area contributed by atoms with Crippen molar-refractivity contribution in [2.75, 3.05) is 0 Å². The number of hydrogen-bond donors (Lipinski definition) is 1. The van der Waals surface area contributed by atoms with Gasteiger partial charge in [0.25, 0.3) is 0 Å². The molecule has 1 aromatic carbocycles. The molecule has 1 aromatic rings. The van der Waals surface area contributed by atoms with E-state index in [1.165, 1.54) is 16.7 Å². The number of ether oxygens (including phenoxy) is 1. The zero-order valence-corrected chi connectivity index (χ0v) is 18.0. The van der Waals surface area contributed by atoms with Crippen molar-refractivity contribution in [1.29, 1.82) is 0 Å². The maximum atomic E-state index is 10.5. The molecule has 3 nitrogen and oxygen atoms in total. The molecule has 0 saturated carbocycles. The molecule has 1 heterocycles. The molecule has 0 amide bonds. The number of para-hydroxylation sites is 1. The molecular formula is C26H28BO3. The Kier molecular flexibility index (Phi) is 4.50. The third-order valence-electron chi connectivity index (χ3n) is 7.20. The summed E-state index contributed by atoms with van der Waals surface area (Å²) in [6.45, 7) is 7.39. The van der Waals surface area contributed by atoms with Crippen molar-refractivity contribution in [3.8, 4) is 5.75 Å². The van der Waals surface area contributed by atoms with Gasteiger partial charge in [-0.25, -0.2) is 0 Å². The van der Waals surface area contributed by atoms with Gasteiger partial charge in [0, 0.05) is 23.3 Å². The van der Waals surface area contributed by atoms with E-state index in [9.17, 15) is 5.11 Å². The molecule has 5 rings (SSSR count). The van der Waals surface area contributed by atoms with Gasteiger partial charge in [-0.2, -0.15) is 0 Å². The highest BCUT2D eigenvalue weighted by Gasteiger charge is 2.49. The summed E-state index contributed by atoms with van der Waals surface area (Å²) >= 11 is 0. The van der Waals surface area contributed by atoms with Crippen molar-refractivity contribution < 1.29 is 14.5 Å². The number of fused-ring (bicyclic) bond motifs is 7. The number of hydrogen-bond acceptors (Lipinski definition) is 3.